The van der Waals surface area contributed by atoms with Gasteiger partial charge in [0.05, 0.1) is 17.1 Å². The fraction of sp³-hybridized carbons (Fsp3) is 1.00. The summed E-state index contributed by atoms with van der Waals surface area (Å²) in [5.74, 6) is 0.772. The molecule has 1 saturated carbocycles. The van der Waals surface area contributed by atoms with E-state index in [1.54, 1.807) is 0 Å². The zero-order valence-corrected chi connectivity index (χ0v) is 6.17. The summed E-state index contributed by atoms with van der Waals surface area (Å²) in [4.78, 5) is 0. The molecule has 3 aliphatic rings. The number of fused-ring (bicyclic) bond motifs is 4. The van der Waals surface area contributed by atoms with Crippen LogP contribution in [-0.4, -0.2) is 31.6 Å². The van der Waals surface area contributed by atoms with Gasteiger partial charge in [-0.1, -0.05) is 0 Å². The van der Waals surface area contributed by atoms with Gasteiger partial charge in [0.25, 0.3) is 0 Å². The van der Waals surface area contributed by atoms with Crippen LogP contribution in [0.2, 0.25) is 0 Å². The van der Waals surface area contributed by atoms with Gasteiger partial charge in [-0.2, -0.15) is 0 Å². The molecule has 0 spiro atoms. The Labute approximate surface area is 59.3 Å². The van der Waals surface area contributed by atoms with Crippen molar-refractivity contribution < 1.29 is 13.2 Å². The van der Waals surface area contributed by atoms with Gasteiger partial charge in [-0.15, -0.1) is 0 Å². The van der Waals surface area contributed by atoms with E-state index in [0.717, 1.165) is 6.42 Å². The fourth-order valence-corrected chi connectivity index (χ4v) is 4.59. The molecule has 0 radical (unpaired) electrons. The molecular formula is C6H8O3S. The lowest BCUT2D eigenvalue weighted by molar-refractivity contribution is 0.372. The van der Waals surface area contributed by atoms with E-state index in [1.165, 1.54) is 0 Å². The Morgan fingerprint density at radius 2 is 2.10 bits per heavy atom. The Bertz CT molecular complexity index is 281. The largest absolute Gasteiger partial charge is 0.368 e. The van der Waals surface area contributed by atoms with Crippen molar-refractivity contribution in [2.45, 2.75) is 23.9 Å². The van der Waals surface area contributed by atoms with Crippen molar-refractivity contribution >= 4 is 9.84 Å². The summed E-state index contributed by atoms with van der Waals surface area (Å²) in [6, 6.07) is 0. The summed E-state index contributed by atoms with van der Waals surface area (Å²) in [7, 11) is -2.72. The van der Waals surface area contributed by atoms with Gasteiger partial charge in [-0.05, 0) is 6.42 Å². The first-order valence-electron chi connectivity index (χ1n) is 3.57. The van der Waals surface area contributed by atoms with E-state index in [2.05, 4.69) is 0 Å². The van der Waals surface area contributed by atoms with Crippen molar-refractivity contribution in [3.8, 4) is 0 Å². The van der Waals surface area contributed by atoms with Crippen molar-refractivity contribution in [2.24, 2.45) is 5.92 Å². The molecule has 2 heterocycles. The maximum Gasteiger partial charge on any atom is 0.156 e. The van der Waals surface area contributed by atoms with Gasteiger partial charge in [0.15, 0.2) is 9.84 Å². The van der Waals surface area contributed by atoms with E-state index in [9.17, 15) is 8.42 Å². The molecule has 3 fully saturated rings. The molecule has 0 N–H and O–H groups in total. The van der Waals surface area contributed by atoms with Gasteiger partial charge in [0.1, 0.15) is 6.10 Å². The maximum atomic E-state index is 11.2. The third-order valence-corrected chi connectivity index (χ3v) is 5.13. The lowest BCUT2D eigenvalue weighted by Gasteiger charge is -2.21. The van der Waals surface area contributed by atoms with Gasteiger partial charge in [-0.3, -0.25) is 0 Å². The molecule has 0 aromatic rings. The highest BCUT2D eigenvalue weighted by molar-refractivity contribution is 7.92. The van der Waals surface area contributed by atoms with E-state index >= 15 is 0 Å². The van der Waals surface area contributed by atoms with E-state index in [4.69, 9.17) is 4.74 Å². The second kappa shape index (κ2) is 1.28. The number of ether oxygens (including phenoxy) is 1. The van der Waals surface area contributed by atoms with Crippen molar-refractivity contribution in [3.05, 3.63) is 0 Å². The van der Waals surface area contributed by atoms with Crippen LogP contribution in [0.5, 0.6) is 0 Å². The van der Waals surface area contributed by atoms with Gasteiger partial charge in [0.2, 0.25) is 0 Å². The third-order valence-electron chi connectivity index (χ3n) is 2.88. The molecule has 0 aromatic carbocycles. The number of epoxide rings is 1. The Morgan fingerprint density at radius 1 is 1.30 bits per heavy atom. The standard InChI is InChI=1S/C6H8O3S/c7-10(8)2-1-3-4-5(9-4)6(3)10/h3-6H,1-2H2/t3-,4?,5?,6-/m0/s1. The summed E-state index contributed by atoms with van der Waals surface area (Å²) in [6.07, 6.45) is 1.29. The lowest BCUT2D eigenvalue weighted by atomic mass is 9.83. The van der Waals surface area contributed by atoms with E-state index in [0.29, 0.717) is 17.8 Å². The van der Waals surface area contributed by atoms with Crippen LogP contribution in [0.3, 0.4) is 0 Å². The van der Waals surface area contributed by atoms with Crippen LogP contribution in [0.15, 0.2) is 0 Å². The van der Waals surface area contributed by atoms with Gasteiger partial charge >= 0.3 is 0 Å². The molecular weight excluding hydrogens is 152 g/mol. The number of rotatable bonds is 0. The van der Waals surface area contributed by atoms with Crippen LogP contribution in [0, 0.1) is 5.92 Å². The van der Waals surface area contributed by atoms with Crippen LogP contribution < -0.4 is 0 Å². The average Bonchev–Trinajstić information content (AvgIpc) is 2.37. The summed E-state index contributed by atoms with van der Waals surface area (Å²) in [5, 5.41) is -0.0995. The molecule has 10 heavy (non-hydrogen) atoms. The van der Waals surface area contributed by atoms with Crippen LogP contribution in [0.25, 0.3) is 0 Å². The molecule has 0 bridgehead atoms. The number of hydrogen-bond acceptors (Lipinski definition) is 3. The Kier molecular flexibility index (Phi) is 0.707. The normalized spacial score (nSPS) is 60.4. The molecule has 3 rings (SSSR count). The van der Waals surface area contributed by atoms with Crippen molar-refractivity contribution in [3.63, 3.8) is 0 Å². The predicted molar refractivity (Wildman–Crippen MR) is 34.3 cm³/mol. The van der Waals surface area contributed by atoms with E-state index in [-0.39, 0.29) is 11.4 Å². The van der Waals surface area contributed by atoms with Crippen molar-refractivity contribution in [1.82, 2.24) is 0 Å². The van der Waals surface area contributed by atoms with E-state index in [1.807, 2.05) is 0 Å². The quantitative estimate of drug-likeness (QED) is 0.452. The molecule has 1 aliphatic carbocycles. The molecule has 2 unspecified atom stereocenters. The van der Waals surface area contributed by atoms with Crippen LogP contribution in [-0.2, 0) is 14.6 Å². The second-order valence-electron chi connectivity index (χ2n) is 3.35. The minimum atomic E-state index is -2.72. The number of hydrogen-bond donors (Lipinski definition) is 0. The summed E-state index contributed by atoms with van der Waals surface area (Å²) >= 11 is 0. The molecule has 2 saturated heterocycles. The van der Waals surface area contributed by atoms with Gasteiger partial charge in [0, 0.05) is 5.92 Å². The highest BCUT2D eigenvalue weighted by Crippen LogP contribution is 2.55. The first kappa shape index (κ1) is 5.55. The van der Waals surface area contributed by atoms with Gasteiger partial charge < -0.3 is 4.74 Å². The minimum absolute atomic E-state index is 0.0995. The van der Waals surface area contributed by atoms with Crippen LogP contribution in [0.1, 0.15) is 6.42 Å². The van der Waals surface area contributed by atoms with Crippen molar-refractivity contribution in [2.75, 3.05) is 5.75 Å². The summed E-state index contributed by atoms with van der Waals surface area (Å²) in [6.45, 7) is 0. The average molecular weight is 160 g/mol. The molecule has 0 aromatic heterocycles. The molecule has 56 valence electrons. The molecule has 0 amide bonds. The SMILES string of the molecule is O=S1(=O)CC[C@H]2C3OC3[C@H]21. The predicted octanol–water partition coefficient (Wildman–Crippen LogP) is -0.429. The maximum absolute atomic E-state index is 11.2. The Balaban J connectivity index is 2.07. The Morgan fingerprint density at radius 3 is 2.80 bits per heavy atom. The first-order chi connectivity index (χ1) is 4.70. The fourth-order valence-electron chi connectivity index (χ4n) is 2.27. The monoisotopic (exact) mass is 160 g/mol. The molecule has 3 nitrogen and oxygen atoms in total. The van der Waals surface area contributed by atoms with Crippen LogP contribution in [0.4, 0.5) is 0 Å². The molecule has 4 heteroatoms. The smallest absolute Gasteiger partial charge is 0.156 e. The minimum Gasteiger partial charge on any atom is -0.368 e. The summed E-state index contributed by atoms with van der Waals surface area (Å²) in [5.41, 5.74) is 0. The highest BCUT2D eigenvalue weighted by Gasteiger charge is 2.70. The highest BCUT2D eigenvalue weighted by atomic mass is 32.2. The van der Waals surface area contributed by atoms with Crippen LogP contribution >= 0.6 is 0 Å². The zero-order chi connectivity index (χ0) is 6.93. The summed E-state index contributed by atoms with van der Waals surface area (Å²) < 4.78 is 27.5. The van der Waals surface area contributed by atoms with E-state index < -0.39 is 9.84 Å². The third kappa shape index (κ3) is 0.422. The topological polar surface area (TPSA) is 46.7 Å². The Hall–Kier alpha value is -0.0900. The van der Waals surface area contributed by atoms with Crippen molar-refractivity contribution in [1.29, 1.82) is 0 Å². The number of sulfone groups is 1. The molecule has 2 aliphatic heterocycles. The zero-order valence-electron chi connectivity index (χ0n) is 5.36. The van der Waals surface area contributed by atoms with Gasteiger partial charge in [-0.25, -0.2) is 8.42 Å². The lowest BCUT2D eigenvalue weighted by Crippen LogP contribution is -2.41. The molecule has 4 atom stereocenters. The first-order valence-corrected chi connectivity index (χ1v) is 5.29. The second-order valence-corrected chi connectivity index (χ2v) is 5.63.